The van der Waals surface area contributed by atoms with E-state index >= 15 is 0 Å². The van der Waals surface area contributed by atoms with Crippen LogP contribution in [-0.2, 0) is 17.7 Å². The van der Waals surface area contributed by atoms with Crippen LogP contribution in [0.15, 0.2) is 0 Å². The highest BCUT2D eigenvalue weighted by Gasteiger charge is 2.21. The lowest BCUT2D eigenvalue weighted by Gasteiger charge is -2.34. The molecule has 1 fully saturated rings. The number of aryl methyl sites for hydroxylation is 2. The average molecular weight is 326 g/mol. The van der Waals surface area contributed by atoms with Crippen molar-refractivity contribution in [2.75, 3.05) is 46.4 Å². The predicted molar refractivity (Wildman–Crippen MR) is 88.4 cm³/mol. The van der Waals surface area contributed by atoms with Crippen molar-refractivity contribution >= 4 is 17.4 Å². The third-order valence-corrected chi connectivity index (χ3v) is 4.90. The number of urea groups is 1. The van der Waals surface area contributed by atoms with Crippen molar-refractivity contribution < 1.29 is 9.53 Å². The Balaban J connectivity index is 1.76. The summed E-state index contributed by atoms with van der Waals surface area (Å²) < 4.78 is 5.09. The molecule has 1 saturated heterocycles. The van der Waals surface area contributed by atoms with Crippen LogP contribution in [0.3, 0.4) is 0 Å². The van der Waals surface area contributed by atoms with E-state index in [0.717, 1.165) is 56.5 Å². The molecule has 0 aromatic carbocycles. The summed E-state index contributed by atoms with van der Waals surface area (Å²) in [6.45, 7) is 9.75. The molecule has 2 rings (SSSR count). The molecule has 22 heavy (non-hydrogen) atoms. The number of piperazine rings is 1. The van der Waals surface area contributed by atoms with Crippen LogP contribution in [0.1, 0.15) is 22.5 Å². The molecule has 124 valence electrons. The van der Waals surface area contributed by atoms with Crippen molar-refractivity contribution in [1.29, 1.82) is 0 Å². The minimum absolute atomic E-state index is 0.0273. The molecule has 1 N–H and O–H groups in total. The van der Waals surface area contributed by atoms with E-state index < -0.39 is 0 Å². The SMILES string of the molecule is CCc1nc(C)sc1CNC(=O)N1CCN(CCOC)CC1. The lowest BCUT2D eigenvalue weighted by atomic mass is 10.3. The number of carbonyl (C=O) groups is 1. The van der Waals surface area contributed by atoms with Crippen LogP contribution >= 0.6 is 11.3 Å². The Morgan fingerprint density at radius 1 is 1.36 bits per heavy atom. The number of nitrogens with zero attached hydrogens (tertiary/aromatic N) is 3. The van der Waals surface area contributed by atoms with Crippen LogP contribution in [0.25, 0.3) is 0 Å². The number of nitrogens with one attached hydrogen (secondary N) is 1. The zero-order valence-corrected chi connectivity index (χ0v) is 14.5. The van der Waals surface area contributed by atoms with Gasteiger partial charge in [-0.3, -0.25) is 4.90 Å². The lowest BCUT2D eigenvalue weighted by Crippen LogP contribution is -2.52. The third kappa shape index (κ3) is 4.66. The van der Waals surface area contributed by atoms with E-state index in [4.69, 9.17) is 4.74 Å². The number of hydrogen-bond donors (Lipinski definition) is 1. The van der Waals surface area contributed by atoms with Gasteiger partial charge < -0.3 is 15.0 Å². The Morgan fingerprint density at radius 3 is 2.73 bits per heavy atom. The molecule has 0 aliphatic carbocycles. The maximum Gasteiger partial charge on any atom is 0.317 e. The van der Waals surface area contributed by atoms with Crippen LogP contribution in [0.2, 0.25) is 0 Å². The van der Waals surface area contributed by atoms with Gasteiger partial charge in [0.05, 0.1) is 23.9 Å². The Labute approximate surface area is 136 Å². The van der Waals surface area contributed by atoms with Crippen LogP contribution in [0.5, 0.6) is 0 Å². The Hall–Kier alpha value is -1.18. The summed E-state index contributed by atoms with van der Waals surface area (Å²) in [6.07, 6.45) is 0.910. The van der Waals surface area contributed by atoms with Crippen molar-refractivity contribution in [3.63, 3.8) is 0 Å². The summed E-state index contributed by atoms with van der Waals surface area (Å²) in [5, 5.41) is 4.09. The molecule has 2 amide bonds. The molecule has 0 unspecified atom stereocenters. The summed E-state index contributed by atoms with van der Waals surface area (Å²) in [6, 6.07) is 0.0273. The average Bonchev–Trinajstić information content (AvgIpc) is 2.91. The Kier molecular flexibility index (Phi) is 6.60. The van der Waals surface area contributed by atoms with Gasteiger partial charge in [-0.15, -0.1) is 11.3 Å². The van der Waals surface area contributed by atoms with Crippen LogP contribution < -0.4 is 5.32 Å². The standard InChI is InChI=1S/C15H26N4O2S/c1-4-13-14(22-12(2)17-13)11-16-15(20)19-7-5-18(6-8-19)9-10-21-3/h4-11H2,1-3H3,(H,16,20). The number of methoxy groups -OCH3 is 1. The van der Waals surface area contributed by atoms with Gasteiger partial charge in [0.2, 0.25) is 0 Å². The van der Waals surface area contributed by atoms with E-state index in [1.807, 2.05) is 11.8 Å². The Bertz CT molecular complexity index is 484. The van der Waals surface area contributed by atoms with Crippen LogP contribution in [-0.4, -0.2) is 67.3 Å². The van der Waals surface area contributed by atoms with Gasteiger partial charge >= 0.3 is 6.03 Å². The second-order valence-corrected chi connectivity index (χ2v) is 6.72. The first-order valence-electron chi connectivity index (χ1n) is 7.83. The minimum atomic E-state index is 0.0273. The highest BCUT2D eigenvalue weighted by Crippen LogP contribution is 2.18. The van der Waals surface area contributed by atoms with Gasteiger partial charge in [0.1, 0.15) is 0 Å². The van der Waals surface area contributed by atoms with E-state index in [9.17, 15) is 4.79 Å². The van der Waals surface area contributed by atoms with Gasteiger partial charge in [0.25, 0.3) is 0 Å². The summed E-state index contributed by atoms with van der Waals surface area (Å²) in [5.74, 6) is 0. The maximum atomic E-state index is 12.3. The molecule has 0 saturated carbocycles. The molecule has 0 spiro atoms. The monoisotopic (exact) mass is 326 g/mol. The molecule has 0 bridgehead atoms. The van der Waals surface area contributed by atoms with E-state index in [1.165, 1.54) is 4.88 Å². The zero-order valence-electron chi connectivity index (χ0n) is 13.7. The van der Waals surface area contributed by atoms with Gasteiger partial charge in [-0.25, -0.2) is 9.78 Å². The number of thiazole rings is 1. The van der Waals surface area contributed by atoms with Crippen molar-refractivity contribution in [3.8, 4) is 0 Å². The van der Waals surface area contributed by atoms with Gasteiger partial charge in [-0.05, 0) is 13.3 Å². The van der Waals surface area contributed by atoms with Crippen LogP contribution in [0, 0.1) is 6.92 Å². The molecular formula is C15H26N4O2S. The van der Waals surface area contributed by atoms with Crippen LogP contribution in [0.4, 0.5) is 4.79 Å². The smallest absolute Gasteiger partial charge is 0.317 e. The molecule has 7 heteroatoms. The fraction of sp³-hybridized carbons (Fsp3) is 0.733. The number of aromatic nitrogens is 1. The second-order valence-electron chi connectivity index (χ2n) is 5.44. The minimum Gasteiger partial charge on any atom is -0.383 e. The number of ether oxygens (including phenoxy) is 1. The van der Waals surface area contributed by atoms with E-state index in [-0.39, 0.29) is 6.03 Å². The normalized spacial score (nSPS) is 16.0. The summed E-state index contributed by atoms with van der Waals surface area (Å²) in [5.41, 5.74) is 1.10. The van der Waals surface area contributed by atoms with E-state index in [0.29, 0.717) is 6.54 Å². The lowest BCUT2D eigenvalue weighted by molar-refractivity contribution is 0.106. The number of hydrogen-bond acceptors (Lipinski definition) is 5. The molecule has 0 radical (unpaired) electrons. The predicted octanol–water partition coefficient (Wildman–Crippen LogP) is 1.49. The highest BCUT2D eigenvalue weighted by atomic mass is 32.1. The molecule has 1 aromatic heterocycles. The second kappa shape index (κ2) is 8.45. The largest absolute Gasteiger partial charge is 0.383 e. The van der Waals surface area contributed by atoms with Crippen molar-refractivity contribution in [3.05, 3.63) is 15.6 Å². The Morgan fingerprint density at radius 2 is 2.09 bits per heavy atom. The van der Waals surface area contributed by atoms with Crippen molar-refractivity contribution in [1.82, 2.24) is 20.1 Å². The topological polar surface area (TPSA) is 57.7 Å². The summed E-state index contributed by atoms with van der Waals surface area (Å²) >= 11 is 1.67. The van der Waals surface area contributed by atoms with E-state index in [1.54, 1.807) is 18.4 Å². The van der Waals surface area contributed by atoms with E-state index in [2.05, 4.69) is 22.1 Å². The van der Waals surface area contributed by atoms with Gasteiger partial charge in [0, 0.05) is 44.7 Å². The number of rotatable bonds is 6. The molecular weight excluding hydrogens is 300 g/mol. The first kappa shape index (κ1) is 17.2. The number of carbonyl (C=O) groups excluding carboxylic acids is 1. The van der Waals surface area contributed by atoms with Crippen molar-refractivity contribution in [2.24, 2.45) is 0 Å². The zero-order chi connectivity index (χ0) is 15.9. The van der Waals surface area contributed by atoms with Gasteiger partial charge in [-0.2, -0.15) is 0 Å². The molecule has 6 nitrogen and oxygen atoms in total. The molecule has 2 heterocycles. The maximum absolute atomic E-state index is 12.3. The van der Waals surface area contributed by atoms with Crippen molar-refractivity contribution in [2.45, 2.75) is 26.8 Å². The fourth-order valence-corrected chi connectivity index (χ4v) is 3.55. The van der Waals surface area contributed by atoms with Gasteiger partial charge in [0.15, 0.2) is 0 Å². The summed E-state index contributed by atoms with van der Waals surface area (Å²) in [7, 11) is 1.72. The third-order valence-electron chi connectivity index (χ3n) is 3.89. The highest BCUT2D eigenvalue weighted by molar-refractivity contribution is 7.11. The fourth-order valence-electron chi connectivity index (χ4n) is 2.59. The van der Waals surface area contributed by atoms with Gasteiger partial charge in [-0.1, -0.05) is 6.92 Å². The number of amides is 2. The summed E-state index contributed by atoms with van der Waals surface area (Å²) in [4.78, 5) is 22.1. The first-order valence-corrected chi connectivity index (χ1v) is 8.65. The molecule has 1 aliphatic rings. The first-order chi connectivity index (χ1) is 10.6. The quantitative estimate of drug-likeness (QED) is 0.860. The molecule has 1 aromatic rings. The molecule has 1 aliphatic heterocycles. The molecule has 0 atom stereocenters.